The Morgan fingerprint density at radius 3 is 2.68 bits per heavy atom. The van der Waals surface area contributed by atoms with Gasteiger partial charge < -0.3 is 4.74 Å². The third-order valence-corrected chi connectivity index (χ3v) is 4.13. The minimum atomic E-state index is -0.380. The molecular weight excluding hydrogens is 343 g/mol. The van der Waals surface area contributed by atoms with Crippen LogP contribution in [-0.2, 0) is 6.61 Å². The number of halogens is 2. The highest BCUT2D eigenvalue weighted by atomic mass is 35.5. The van der Waals surface area contributed by atoms with Crippen LogP contribution in [0.3, 0.4) is 0 Å². The van der Waals surface area contributed by atoms with E-state index in [2.05, 4.69) is 15.1 Å². The summed E-state index contributed by atoms with van der Waals surface area (Å²) >= 11 is 6.00. The second kappa shape index (κ2) is 6.49. The molecule has 0 N–H and O–H groups in total. The Morgan fingerprint density at radius 1 is 1.04 bits per heavy atom. The minimum Gasteiger partial charge on any atom is -0.489 e. The van der Waals surface area contributed by atoms with Crippen molar-refractivity contribution in [3.05, 3.63) is 77.5 Å². The van der Waals surface area contributed by atoms with Crippen LogP contribution in [0.15, 0.2) is 61.1 Å². The lowest BCUT2D eigenvalue weighted by molar-refractivity contribution is 0.300. The van der Waals surface area contributed by atoms with Gasteiger partial charge in [-0.3, -0.25) is 0 Å². The van der Waals surface area contributed by atoms with E-state index >= 15 is 0 Å². The van der Waals surface area contributed by atoms with Crippen molar-refractivity contribution in [1.82, 2.24) is 19.6 Å². The molecule has 2 heterocycles. The molecule has 0 unspecified atom stereocenters. The van der Waals surface area contributed by atoms with Gasteiger partial charge in [-0.05, 0) is 42.5 Å². The predicted octanol–water partition coefficient (Wildman–Crippen LogP) is 4.16. The third-order valence-electron chi connectivity index (χ3n) is 3.78. The van der Waals surface area contributed by atoms with E-state index in [1.807, 2.05) is 30.3 Å². The normalized spacial score (nSPS) is 11.0. The second-order valence-corrected chi connectivity index (χ2v) is 5.72. The number of hydrogen-bond donors (Lipinski definition) is 0. The number of ether oxygens (including phenoxy) is 1. The molecule has 0 aliphatic carbocycles. The molecule has 0 bridgehead atoms. The third kappa shape index (κ3) is 3.04. The molecule has 0 atom stereocenters. The Balaban J connectivity index is 1.55. The molecule has 4 aromatic rings. The molecule has 4 rings (SSSR count). The fourth-order valence-electron chi connectivity index (χ4n) is 2.50. The van der Waals surface area contributed by atoms with Crippen LogP contribution >= 0.6 is 11.6 Å². The van der Waals surface area contributed by atoms with Gasteiger partial charge in [-0.1, -0.05) is 17.7 Å². The van der Waals surface area contributed by atoms with Gasteiger partial charge in [-0.25, -0.2) is 9.37 Å². The van der Waals surface area contributed by atoms with Crippen molar-refractivity contribution in [1.29, 1.82) is 0 Å². The fraction of sp³-hybridized carbons (Fsp3) is 0.0556. The van der Waals surface area contributed by atoms with Gasteiger partial charge in [0.05, 0.1) is 10.7 Å². The molecule has 0 saturated heterocycles. The van der Waals surface area contributed by atoms with Crippen molar-refractivity contribution in [3.63, 3.8) is 0 Å². The maximum Gasteiger partial charge on any atom is 0.252 e. The predicted molar refractivity (Wildman–Crippen MR) is 92.0 cm³/mol. The summed E-state index contributed by atoms with van der Waals surface area (Å²) in [4.78, 5) is 8.21. The van der Waals surface area contributed by atoms with Gasteiger partial charge in [0.25, 0.3) is 5.78 Å². The Kier molecular flexibility index (Phi) is 4.03. The minimum absolute atomic E-state index is 0.0629. The zero-order valence-electron chi connectivity index (χ0n) is 12.9. The highest BCUT2D eigenvalue weighted by Gasteiger charge is 2.09. The summed E-state index contributed by atoms with van der Waals surface area (Å²) in [6.07, 6.45) is 3.14. The number of hydrogen-bond acceptors (Lipinski definition) is 4. The van der Waals surface area contributed by atoms with Crippen LogP contribution in [0.2, 0.25) is 5.02 Å². The van der Waals surface area contributed by atoms with Crippen LogP contribution in [-0.4, -0.2) is 19.6 Å². The summed E-state index contributed by atoms with van der Waals surface area (Å²) in [5.41, 5.74) is 2.15. The van der Waals surface area contributed by atoms with Crippen LogP contribution in [0.5, 0.6) is 5.75 Å². The van der Waals surface area contributed by atoms with Crippen LogP contribution in [0, 0.1) is 5.82 Å². The molecule has 0 spiro atoms. The SMILES string of the molecule is Fc1cccc(Cl)c1COc1ccc(-c2ccnc3ncnn23)cc1. The first-order valence-corrected chi connectivity index (χ1v) is 7.91. The zero-order chi connectivity index (χ0) is 17.2. The first-order valence-electron chi connectivity index (χ1n) is 7.53. The van der Waals surface area contributed by atoms with Gasteiger partial charge in [0.1, 0.15) is 24.5 Å². The van der Waals surface area contributed by atoms with Gasteiger partial charge in [-0.2, -0.15) is 14.6 Å². The average Bonchev–Trinajstić information content (AvgIpc) is 3.11. The fourth-order valence-corrected chi connectivity index (χ4v) is 2.72. The Morgan fingerprint density at radius 2 is 1.88 bits per heavy atom. The van der Waals surface area contributed by atoms with Crippen LogP contribution < -0.4 is 4.74 Å². The van der Waals surface area contributed by atoms with Crippen LogP contribution in [0.4, 0.5) is 4.39 Å². The van der Waals surface area contributed by atoms with Crippen molar-refractivity contribution in [2.75, 3.05) is 0 Å². The van der Waals surface area contributed by atoms with Crippen LogP contribution in [0.25, 0.3) is 17.0 Å². The number of benzene rings is 2. The molecule has 5 nitrogen and oxygen atoms in total. The summed E-state index contributed by atoms with van der Waals surface area (Å²) in [6.45, 7) is 0.0629. The molecule has 2 aromatic carbocycles. The maximum absolute atomic E-state index is 13.8. The summed E-state index contributed by atoms with van der Waals surface area (Å²) in [5.74, 6) is 0.772. The van der Waals surface area contributed by atoms with Crippen LogP contribution in [0.1, 0.15) is 5.56 Å². The quantitative estimate of drug-likeness (QED) is 0.552. The molecule has 0 fully saturated rings. The van der Waals surface area contributed by atoms with Crippen molar-refractivity contribution in [2.24, 2.45) is 0 Å². The molecule has 0 aliphatic rings. The van der Waals surface area contributed by atoms with Crippen molar-refractivity contribution >= 4 is 17.4 Å². The van der Waals surface area contributed by atoms with Crippen molar-refractivity contribution in [2.45, 2.75) is 6.61 Å². The van der Waals surface area contributed by atoms with Gasteiger partial charge in [-0.15, -0.1) is 0 Å². The molecule has 0 radical (unpaired) electrons. The number of aromatic nitrogens is 4. The largest absolute Gasteiger partial charge is 0.489 e. The Hall–Kier alpha value is -2.99. The van der Waals surface area contributed by atoms with Gasteiger partial charge >= 0.3 is 0 Å². The molecule has 7 heteroatoms. The van der Waals surface area contributed by atoms with E-state index in [4.69, 9.17) is 16.3 Å². The first kappa shape index (κ1) is 15.5. The van der Waals surface area contributed by atoms with Crippen molar-refractivity contribution < 1.29 is 9.13 Å². The molecule has 25 heavy (non-hydrogen) atoms. The van der Waals surface area contributed by atoms with E-state index in [1.54, 1.807) is 22.8 Å². The molecule has 0 saturated carbocycles. The topological polar surface area (TPSA) is 52.3 Å². The summed E-state index contributed by atoms with van der Waals surface area (Å²) in [6, 6.07) is 13.8. The molecule has 124 valence electrons. The Bertz CT molecular complexity index is 1010. The van der Waals surface area contributed by atoms with Crippen molar-refractivity contribution in [3.8, 4) is 17.0 Å². The number of rotatable bonds is 4. The van der Waals surface area contributed by atoms with E-state index < -0.39 is 0 Å². The lowest BCUT2D eigenvalue weighted by Crippen LogP contribution is -2.00. The van der Waals surface area contributed by atoms with Gasteiger partial charge in [0.2, 0.25) is 0 Å². The van der Waals surface area contributed by atoms with E-state index in [9.17, 15) is 4.39 Å². The second-order valence-electron chi connectivity index (χ2n) is 5.32. The highest BCUT2D eigenvalue weighted by molar-refractivity contribution is 6.31. The number of fused-ring (bicyclic) bond motifs is 1. The van der Waals surface area contributed by atoms with E-state index in [0.29, 0.717) is 22.1 Å². The average molecular weight is 355 g/mol. The van der Waals surface area contributed by atoms with E-state index in [-0.39, 0.29) is 12.4 Å². The van der Waals surface area contributed by atoms with Gasteiger partial charge in [0, 0.05) is 17.3 Å². The Labute approximate surface area is 147 Å². The number of nitrogens with zero attached hydrogens (tertiary/aromatic N) is 4. The lowest BCUT2D eigenvalue weighted by Gasteiger charge is -2.10. The summed E-state index contributed by atoms with van der Waals surface area (Å²) in [5, 5.41) is 4.52. The molecule has 0 amide bonds. The smallest absolute Gasteiger partial charge is 0.252 e. The summed E-state index contributed by atoms with van der Waals surface area (Å²) in [7, 11) is 0. The maximum atomic E-state index is 13.8. The molecule has 0 aliphatic heterocycles. The molecule has 2 aromatic heterocycles. The summed E-state index contributed by atoms with van der Waals surface area (Å²) < 4.78 is 21.1. The van der Waals surface area contributed by atoms with E-state index in [1.165, 1.54) is 12.4 Å². The standard InChI is InChI=1S/C18H12ClFN4O/c19-15-2-1-3-16(20)14(15)10-25-13-6-4-12(5-7-13)17-8-9-21-18-22-11-23-24(17)18/h1-9,11H,10H2. The lowest BCUT2D eigenvalue weighted by atomic mass is 10.1. The van der Waals surface area contributed by atoms with Gasteiger partial charge in [0.15, 0.2) is 0 Å². The van der Waals surface area contributed by atoms with E-state index in [0.717, 1.165) is 11.3 Å². The first-order chi connectivity index (χ1) is 12.2. The molecular formula is C18H12ClFN4O. The monoisotopic (exact) mass is 354 g/mol. The zero-order valence-corrected chi connectivity index (χ0v) is 13.7. The highest BCUT2D eigenvalue weighted by Crippen LogP contribution is 2.24.